The number of benzene rings is 1. The maximum absolute atomic E-state index is 13.5. The Morgan fingerprint density at radius 3 is 2.91 bits per heavy atom. The van der Waals surface area contributed by atoms with Gasteiger partial charge < -0.3 is 15.2 Å². The van der Waals surface area contributed by atoms with E-state index in [1.807, 2.05) is 4.57 Å². The Labute approximate surface area is 131 Å². The summed E-state index contributed by atoms with van der Waals surface area (Å²) < 4.78 is 28.3. The van der Waals surface area contributed by atoms with Crippen molar-refractivity contribution < 1.29 is 13.6 Å². The molecule has 0 saturated carbocycles. The molecule has 23 heavy (non-hydrogen) atoms. The predicted octanol–water partition coefficient (Wildman–Crippen LogP) is 2.60. The molecule has 1 aliphatic heterocycles. The van der Waals surface area contributed by atoms with Gasteiger partial charge >= 0.3 is 6.03 Å². The number of aromatic nitrogens is 3. The molecule has 2 amide bonds. The SMILES string of the molecule is O=C(NCc1nnc2n1CCCCC2)Nc1ccc(F)cc1F. The number of rotatable bonds is 3. The Morgan fingerprint density at radius 2 is 2.09 bits per heavy atom. The number of anilines is 1. The van der Waals surface area contributed by atoms with Gasteiger partial charge in [0.1, 0.15) is 17.5 Å². The summed E-state index contributed by atoms with van der Waals surface area (Å²) in [6.45, 7) is 1.04. The number of fused-ring (bicyclic) bond motifs is 1. The first-order valence-corrected chi connectivity index (χ1v) is 7.54. The smallest absolute Gasteiger partial charge is 0.319 e. The van der Waals surface area contributed by atoms with Crippen LogP contribution in [-0.2, 0) is 19.5 Å². The molecule has 2 N–H and O–H groups in total. The lowest BCUT2D eigenvalue weighted by Crippen LogP contribution is -2.30. The molecule has 1 aliphatic rings. The first kappa shape index (κ1) is 15.4. The highest BCUT2D eigenvalue weighted by molar-refractivity contribution is 5.89. The van der Waals surface area contributed by atoms with Crippen molar-refractivity contribution in [2.45, 2.75) is 38.8 Å². The number of carbonyl (C=O) groups is 1. The minimum Gasteiger partial charge on any atom is -0.331 e. The van der Waals surface area contributed by atoms with Crippen molar-refractivity contribution >= 4 is 11.7 Å². The average Bonchev–Trinajstić information content (AvgIpc) is 2.75. The lowest BCUT2D eigenvalue weighted by molar-refractivity contribution is 0.251. The number of nitrogens with zero attached hydrogens (tertiary/aromatic N) is 3. The maximum atomic E-state index is 13.5. The fraction of sp³-hybridized carbons (Fsp3) is 0.400. The molecule has 0 saturated heterocycles. The predicted molar refractivity (Wildman–Crippen MR) is 79.8 cm³/mol. The summed E-state index contributed by atoms with van der Waals surface area (Å²) in [7, 11) is 0. The Hall–Kier alpha value is -2.51. The topological polar surface area (TPSA) is 71.8 Å². The molecule has 1 aromatic heterocycles. The number of aryl methyl sites for hydroxylation is 1. The first-order chi connectivity index (χ1) is 11.1. The summed E-state index contributed by atoms with van der Waals surface area (Å²) in [5, 5.41) is 13.2. The Bertz CT molecular complexity index is 716. The van der Waals surface area contributed by atoms with Crippen LogP contribution in [-0.4, -0.2) is 20.8 Å². The van der Waals surface area contributed by atoms with Gasteiger partial charge in [-0.2, -0.15) is 0 Å². The number of nitrogens with one attached hydrogen (secondary N) is 2. The fourth-order valence-electron chi connectivity index (χ4n) is 2.59. The van der Waals surface area contributed by atoms with E-state index in [2.05, 4.69) is 20.8 Å². The number of hydrogen-bond acceptors (Lipinski definition) is 3. The van der Waals surface area contributed by atoms with E-state index in [0.29, 0.717) is 11.9 Å². The van der Waals surface area contributed by atoms with Crippen molar-refractivity contribution in [2.24, 2.45) is 0 Å². The van der Waals surface area contributed by atoms with Crippen LogP contribution in [0.5, 0.6) is 0 Å². The van der Waals surface area contributed by atoms with Gasteiger partial charge in [0.05, 0.1) is 12.2 Å². The quantitative estimate of drug-likeness (QED) is 0.913. The van der Waals surface area contributed by atoms with Gasteiger partial charge in [-0.3, -0.25) is 0 Å². The molecule has 0 atom stereocenters. The lowest BCUT2D eigenvalue weighted by atomic mass is 10.2. The van der Waals surface area contributed by atoms with Crippen LogP contribution >= 0.6 is 0 Å². The summed E-state index contributed by atoms with van der Waals surface area (Å²) in [6.07, 6.45) is 4.20. The molecule has 2 aromatic rings. The number of halogens is 2. The van der Waals surface area contributed by atoms with E-state index >= 15 is 0 Å². The number of hydrogen-bond donors (Lipinski definition) is 2. The van der Waals surface area contributed by atoms with Crippen LogP contribution < -0.4 is 10.6 Å². The van der Waals surface area contributed by atoms with E-state index in [0.717, 1.165) is 44.1 Å². The molecule has 0 fully saturated rings. The highest BCUT2D eigenvalue weighted by atomic mass is 19.1. The summed E-state index contributed by atoms with van der Waals surface area (Å²) in [5.74, 6) is 0.0945. The van der Waals surface area contributed by atoms with E-state index < -0.39 is 17.7 Å². The second-order valence-electron chi connectivity index (χ2n) is 5.43. The molecule has 8 heteroatoms. The molecule has 2 heterocycles. The molecule has 1 aromatic carbocycles. The monoisotopic (exact) mass is 321 g/mol. The molecule has 6 nitrogen and oxygen atoms in total. The van der Waals surface area contributed by atoms with Crippen LogP contribution in [0.25, 0.3) is 0 Å². The van der Waals surface area contributed by atoms with Gasteiger partial charge in [0.2, 0.25) is 0 Å². The van der Waals surface area contributed by atoms with Crippen LogP contribution in [0.1, 0.15) is 30.9 Å². The maximum Gasteiger partial charge on any atom is 0.319 e. The van der Waals surface area contributed by atoms with Crippen LogP contribution in [0.2, 0.25) is 0 Å². The summed E-state index contributed by atoms with van der Waals surface area (Å²) in [4.78, 5) is 11.8. The van der Waals surface area contributed by atoms with Crippen molar-refractivity contribution in [1.29, 1.82) is 0 Å². The van der Waals surface area contributed by atoms with E-state index in [1.54, 1.807) is 0 Å². The van der Waals surface area contributed by atoms with Gasteiger partial charge in [-0.05, 0) is 25.0 Å². The van der Waals surface area contributed by atoms with E-state index in [4.69, 9.17) is 0 Å². The van der Waals surface area contributed by atoms with Gasteiger partial charge in [-0.1, -0.05) is 6.42 Å². The van der Waals surface area contributed by atoms with Crippen LogP contribution in [0.4, 0.5) is 19.3 Å². The van der Waals surface area contributed by atoms with Crippen molar-refractivity contribution in [3.05, 3.63) is 41.5 Å². The molecular formula is C15H17F2N5O. The third-order valence-corrected chi connectivity index (χ3v) is 3.77. The Kier molecular flexibility index (Phi) is 4.50. The lowest BCUT2D eigenvalue weighted by Gasteiger charge is -2.10. The zero-order valence-corrected chi connectivity index (χ0v) is 12.5. The van der Waals surface area contributed by atoms with Crippen molar-refractivity contribution in [2.75, 3.05) is 5.32 Å². The Morgan fingerprint density at radius 1 is 1.22 bits per heavy atom. The minimum absolute atomic E-state index is 0.0797. The van der Waals surface area contributed by atoms with Gasteiger partial charge in [0, 0.05) is 19.0 Å². The first-order valence-electron chi connectivity index (χ1n) is 7.54. The standard InChI is InChI=1S/C15H17F2N5O/c16-10-5-6-12(11(17)8-10)19-15(23)18-9-14-21-20-13-4-2-1-3-7-22(13)14/h5-6,8H,1-4,7,9H2,(H2,18,19,23). The molecule has 122 valence electrons. The molecule has 3 rings (SSSR count). The number of amides is 2. The third-order valence-electron chi connectivity index (χ3n) is 3.77. The molecule has 0 radical (unpaired) electrons. The van der Waals surface area contributed by atoms with Gasteiger partial charge in [0.15, 0.2) is 5.82 Å². The molecular weight excluding hydrogens is 304 g/mol. The summed E-state index contributed by atoms with van der Waals surface area (Å²) in [6, 6.07) is 2.39. The second-order valence-corrected chi connectivity index (χ2v) is 5.43. The van der Waals surface area contributed by atoms with Crippen molar-refractivity contribution in [3.8, 4) is 0 Å². The zero-order valence-electron chi connectivity index (χ0n) is 12.5. The van der Waals surface area contributed by atoms with E-state index in [-0.39, 0.29) is 12.2 Å². The van der Waals surface area contributed by atoms with E-state index in [1.165, 1.54) is 6.07 Å². The van der Waals surface area contributed by atoms with Gasteiger partial charge in [-0.25, -0.2) is 13.6 Å². The number of carbonyl (C=O) groups excluding carboxylic acids is 1. The zero-order chi connectivity index (χ0) is 16.2. The highest BCUT2D eigenvalue weighted by Gasteiger charge is 2.15. The highest BCUT2D eigenvalue weighted by Crippen LogP contribution is 2.16. The van der Waals surface area contributed by atoms with Gasteiger partial charge in [0.25, 0.3) is 0 Å². The molecule has 0 spiro atoms. The summed E-state index contributed by atoms with van der Waals surface area (Å²) >= 11 is 0. The molecule has 0 unspecified atom stereocenters. The van der Waals surface area contributed by atoms with Gasteiger partial charge in [-0.15, -0.1) is 10.2 Å². The fourth-order valence-corrected chi connectivity index (χ4v) is 2.59. The van der Waals surface area contributed by atoms with Crippen LogP contribution in [0.15, 0.2) is 18.2 Å². The molecule has 0 bridgehead atoms. The normalized spacial score (nSPS) is 14.0. The van der Waals surface area contributed by atoms with Crippen molar-refractivity contribution in [3.63, 3.8) is 0 Å². The van der Waals surface area contributed by atoms with Crippen molar-refractivity contribution in [1.82, 2.24) is 20.1 Å². The van der Waals surface area contributed by atoms with Crippen LogP contribution in [0, 0.1) is 11.6 Å². The van der Waals surface area contributed by atoms with Crippen LogP contribution in [0.3, 0.4) is 0 Å². The summed E-state index contributed by atoms with van der Waals surface area (Å²) in [5.41, 5.74) is -0.0797. The molecule has 0 aliphatic carbocycles. The average molecular weight is 321 g/mol. The minimum atomic E-state index is -0.823. The Balaban J connectivity index is 1.60. The largest absolute Gasteiger partial charge is 0.331 e. The van der Waals surface area contributed by atoms with E-state index in [9.17, 15) is 13.6 Å². The number of urea groups is 1. The third kappa shape index (κ3) is 3.64. The second kappa shape index (κ2) is 6.72.